The molecule has 1 N–H and O–H groups in total. The molecular weight excluding hydrogens is 347 g/mol. The number of alkyl halides is 1. The van der Waals surface area contributed by atoms with Gasteiger partial charge in [0.25, 0.3) is 0 Å². The standard InChI is InChI=1S/C12H11IN2O3/c13-7-10(16)8-1-3-9(4-2-8)14-15-11(17)5-6-12(15)18/h1-4,14H,5-7H2. The van der Waals surface area contributed by atoms with Crippen molar-refractivity contribution in [2.45, 2.75) is 12.8 Å². The van der Waals surface area contributed by atoms with Gasteiger partial charge in [-0.25, -0.2) is 0 Å². The van der Waals surface area contributed by atoms with Gasteiger partial charge in [-0.05, 0) is 24.3 Å². The van der Waals surface area contributed by atoms with Gasteiger partial charge in [-0.3, -0.25) is 19.8 Å². The predicted octanol–water partition coefficient (Wildman–Crippen LogP) is 1.78. The highest BCUT2D eigenvalue weighted by atomic mass is 127. The van der Waals surface area contributed by atoms with Crippen LogP contribution in [0.1, 0.15) is 23.2 Å². The molecule has 1 aromatic rings. The van der Waals surface area contributed by atoms with E-state index in [1.165, 1.54) is 0 Å². The van der Waals surface area contributed by atoms with Crippen molar-refractivity contribution in [1.82, 2.24) is 5.01 Å². The van der Waals surface area contributed by atoms with E-state index in [1.54, 1.807) is 24.3 Å². The maximum Gasteiger partial charge on any atom is 0.248 e. The van der Waals surface area contributed by atoms with Crippen molar-refractivity contribution in [3.63, 3.8) is 0 Å². The topological polar surface area (TPSA) is 66.5 Å². The van der Waals surface area contributed by atoms with E-state index in [0.29, 0.717) is 15.7 Å². The molecular formula is C12H11IN2O3. The summed E-state index contributed by atoms with van der Waals surface area (Å²) in [6.45, 7) is 0. The molecule has 2 amide bonds. The van der Waals surface area contributed by atoms with Gasteiger partial charge >= 0.3 is 0 Å². The van der Waals surface area contributed by atoms with Gasteiger partial charge in [0.1, 0.15) is 0 Å². The second-order valence-electron chi connectivity index (χ2n) is 3.87. The zero-order valence-corrected chi connectivity index (χ0v) is 11.6. The Balaban J connectivity index is 2.09. The van der Waals surface area contributed by atoms with Crippen LogP contribution in [0.2, 0.25) is 0 Å². The minimum absolute atomic E-state index is 0.0514. The van der Waals surface area contributed by atoms with Crippen LogP contribution in [-0.4, -0.2) is 27.0 Å². The molecule has 18 heavy (non-hydrogen) atoms. The van der Waals surface area contributed by atoms with Crippen molar-refractivity contribution in [2.24, 2.45) is 0 Å². The summed E-state index contributed by atoms with van der Waals surface area (Å²) in [5.74, 6) is -0.407. The number of rotatable bonds is 4. The first-order valence-electron chi connectivity index (χ1n) is 5.43. The van der Waals surface area contributed by atoms with Crippen LogP contribution < -0.4 is 5.43 Å². The van der Waals surface area contributed by atoms with Crippen LogP contribution in [0, 0.1) is 0 Å². The molecule has 0 radical (unpaired) electrons. The summed E-state index contributed by atoms with van der Waals surface area (Å²) in [7, 11) is 0. The molecule has 1 fully saturated rings. The van der Waals surface area contributed by atoms with Crippen LogP contribution in [-0.2, 0) is 9.59 Å². The number of nitrogens with one attached hydrogen (secondary N) is 1. The molecule has 6 heteroatoms. The number of Topliss-reactive ketones (excluding diaryl/α,β-unsaturated/α-hetero) is 1. The molecule has 0 aromatic heterocycles. The third-order valence-corrected chi connectivity index (χ3v) is 3.31. The summed E-state index contributed by atoms with van der Waals surface area (Å²) in [5, 5.41) is 1.02. The first kappa shape index (κ1) is 13.0. The number of hydrogen-bond acceptors (Lipinski definition) is 4. The van der Waals surface area contributed by atoms with E-state index in [-0.39, 0.29) is 30.4 Å². The molecule has 94 valence electrons. The van der Waals surface area contributed by atoms with Crippen LogP contribution >= 0.6 is 22.6 Å². The number of carbonyl (C=O) groups excluding carboxylic acids is 3. The molecule has 1 heterocycles. The number of hydrogen-bond donors (Lipinski definition) is 1. The van der Waals surface area contributed by atoms with Gasteiger partial charge in [0.15, 0.2) is 5.78 Å². The third-order valence-electron chi connectivity index (χ3n) is 2.62. The number of benzene rings is 1. The Morgan fingerprint density at radius 1 is 1.17 bits per heavy atom. The van der Waals surface area contributed by atoms with Crippen molar-refractivity contribution in [3.05, 3.63) is 29.8 Å². The predicted molar refractivity (Wildman–Crippen MR) is 74.4 cm³/mol. The molecule has 0 aliphatic carbocycles. The lowest BCUT2D eigenvalue weighted by molar-refractivity contribution is -0.136. The molecule has 1 aromatic carbocycles. The summed E-state index contributed by atoms with van der Waals surface area (Å²) < 4.78 is 0.424. The number of ketones is 1. The number of halogens is 1. The van der Waals surface area contributed by atoms with Gasteiger partial charge in [-0.1, -0.05) is 22.6 Å². The quantitative estimate of drug-likeness (QED) is 0.386. The van der Waals surface area contributed by atoms with Crippen molar-refractivity contribution in [1.29, 1.82) is 0 Å². The molecule has 5 nitrogen and oxygen atoms in total. The second-order valence-corrected chi connectivity index (χ2v) is 4.63. The summed E-state index contributed by atoms with van der Waals surface area (Å²) >= 11 is 2.01. The highest BCUT2D eigenvalue weighted by Gasteiger charge is 2.29. The zero-order valence-electron chi connectivity index (χ0n) is 9.48. The average molecular weight is 358 g/mol. The largest absolute Gasteiger partial charge is 0.293 e. The lowest BCUT2D eigenvalue weighted by Crippen LogP contribution is -2.34. The number of imide groups is 1. The third kappa shape index (κ3) is 2.69. The Morgan fingerprint density at radius 3 is 2.22 bits per heavy atom. The fraction of sp³-hybridized carbons (Fsp3) is 0.250. The highest BCUT2D eigenvalue weighted by Crippen LogP contribution is 2.16. The number of carbonyl (C=O) groups is 3. The lowest BCUT2D eigenvalue weighted by Gasteiger charge is -2.16. The monoisotopic (exact) mass is 358 g/mol. The van der Waals surface area contributed by atoms with Crippen LogP contribution in [0.4, 0.5) is 5.69 Å². The number of nitrogens with zero attached hydrogens (tertiary/aromatic N) is 1. The summed E-state index contributed by atoms with van der Waals surface area (Å²) in [6, 6.07) is 6.71. The van der Waals surface area contributed by atoms with E-state index in [1.807, 2.05) is 22.6 Å². The number of hydrazine groups is 1. The lowest BCUT2D eigenvalue weighted by atomic mass is 10.1. The normalized spacial score (nSPS) is 15.1. The van der Waals surface area contributed by atoms with E-state index < -0.39 is 0 Å². The maximum atomic E-state index is 11.4. The molecule has 1 saturated heterocycles. The maximum absolute atomic E-state index is 11.4. The number of anilines is 1. The first-order valence-corrected chi connectivity index (χ1v) is 6.96. The molecule has 0 unspecified atom stereocenters. The molecule has 1 aliphatic rings. The molecule has 1 aliphatic heterocycles. The second kappa shape index (κ2) is 5.47. The molecule has 0 atom stereocenters. The van der Waals surface area contributed by atoms with E-state index in [9.17, 15) is 14.4 Å². The van der Waals surface area contributed by atoms with Crippen LogP contribution in [0.5, 0.6) is 0 Å². The summed E-state index contributed by atoms with van der Waals surface area (Å²) in [5.41, 5.74) is 3.98. The Bertz CT molecular complexity index is 483. The fourth-order valence-corrected chi connectivity index (χ4v) is 2.08. The smallest absolute Gasteiger partial charge is 0.248 e. The van der Waals surface area contributed by atoms with Gasteiger partial charge in [0.2, 0.25) is 11.8 Å². The van der Waals surface area contributed by atoms with Crippen molar-refractivity contribution in [2.75, 3.05) is 9.85 Å². The molecule has 2 rings (SSSR count). The van der Waals surface area contributed by atoms with Crippen molar-refractivity contribution in [3.8, 4) is 0 Å². The van der Waals surface area contributed by atoms with Crippen molar-refractivity contribution < 1.29 is 14.4 Å². The molecule has 0 saturated carbocycles. The minimum atomic E-state index is -0.229. The fourth-order valence-electron chi connectivity index (χ4n) is 1.64. The summed E-state index contributed by atoms with van der Waals surface area (Å²) in [6.07, 6.45) is 0.495. The van der Waals surface area contributed by atoms with Crippen LogP contribution in [0.25, 0.3) is 0 Å². The Kier molecular flexibility index (Phi) is 3.95. The van der Waals surface area contributed by atoms with E-state index in [2.05, 4.69) is 5.43 Å². The van der Waals surface area contributed by atoms with E-state index >= 15 is 0 Å². The van der Waals surface area contributed by atoms with E-state index in [0.717, 1.165) is 5.01 Å². The average Bonchev–Trinajstić information content (AvgIpc) is 2.70. The first-order chi connectivity index (χ1) is 8.61. The zero-order chi connectivity index (χ0) is 13.1. The SMILES string of the molecule is O=C(CI)c1ccc(NN2C(=O)CCC2=O)cc1. The molecule has 0 spiro atoms. The van der Waals surface area contributed by atoms with Crippen LogP contribution in [0.15, 0.2) is 24.3 Å². The van der Waals surface area contributed by atoms with Gasteiger partial charge in [-0.2, -0.15) is 5.01 Å². The van der Waals surface area contributed by atoms with Crippen molar-refractivity contribution >= 4 is 45.9 Å². The van der Waals surface area contributed by atoms with Gasteiger partial charge < -0.3 is 0 Å². The highest BCUT2D eigenvalue weighted by molar-refractivity contribution is 14.1. The van der Waals surface area contributed by atoms with Gasteiger partial charge in [0.05, 0.1) is 10.1 Å². The Labute approximate surface area is 118 Å². The van der Waals surface area contributed by atoms with Gasteiger partial charge in [0, 0.05) is 18.4 Å². The van der Waals surface area contributed by atoms with Gasteiger partial charge in [-0.15, -0.1) is 0 Å². The summed E-state index contributed by atoms with van der Waals surface area (Å²) in [4.78, 5) is 34.2. The Morgan fingerprint density at radius 2 is 1.72 bits per heavy atom. The molecule has 0 bridgehead atoms. The van der Waals surface area contributed by atoms with Crippen LogP contribution in [0.3, 0.4) is 0 Å². The Hall–Kier alpha value is -1.44. The number of amides is 2. The minimum Gasteiger partial charge on any atom is -0.293 e. The van der Waals surface area contributed by atoms with E-state index in [4.69, 9.17) is 0 Å².